The van der Waals surface area contributed by atoms with Crippen LogP contribution >= 0.6 is 15.9 Å². The van der Waals surface area contributed by atoms with Crippen molar-refractivity contribution in [3.63, 3.8) is 0 Å². The number of halogens is 2. The van der Waals surface area contributed by atoms with Gasteiger partial charge in [-0.3, -0.25) is 14.6 Å². The lowest BCUT2D eigenvalue weighted by Crippen LogP contribution is -2.29. The highest BCUT2D eigenvalue weighted by Crippen LogP contribution is 2.32. The number of carbonyl (C=O) groups excluding carboxylic acids is 2. The van der Waals surface area contributed by atoms with Crippen LogP contribution in [0, 0.1) is 5.82 Å². The summed E-state index contributed by atoms with van der Waals surface area (Å²) in [5, 5.41) is 0. The van der Waals surface area contributed by atoms with Crippen LogP contribution in [0.25, 0.3) is 0 Å². The van der Waals surface area contributed by atoms with Crippen LogP contribution in [0.3, 0.4) is 0 Å². The first-order chi connectivity index (χ1) is 13.7. The highest BCUT2D eigenvalue weighted by atomic mass is 79.9. The van der Waals surface area contributed by atoms with E-state index in [0.717, 1.165) is 10.0 Å². The summed E-state index contributed by atoms with van der Waals surface area (Å²) in [6, 6.07) is 11.4. The molecule has 0 aromatic heterocycles. The minimum Gasteiger partial charge on any atom is -0.462 e. The number of hydrogen-bond donors (Lipinski definition) is 0. The molecule has 0 fully saturated rings. The average molecular weight is 464 g/mol. The molecule has 29 heavy (non-hydrogen) atoms. The van der Waals surface area contributed by atoms with Crippen LogP contribution in [-0.4, -0.2) is 30.4 Å². The predicted octanol–water partition coefficient (Wildman–Crippen LogP) is 5.33. The molecule has 0 amide bonds. The van der Waals surface area contributed by atoms with Crippen molar-refractivity contribution in [2.45, 2.75) is 45.8 Å². The number of rotatable bonds is 7. The van der Waals surface area contributed by atoms with Crippen LogP contribution in [0.4, 0.5) is 10.1 Å². The van der Waals surface area contributed by atoms with Crippen molar-refractivity contribution >= 4 is 39.8 Å². The fourth-order valence-corrected chi connectivity index (χ4v) is 2.80. The number of hydrogen-bond acceptors (Lipinski definition) is 5. The number of carbonyl (C=O) groups is 2. The second-order valence-electron chi connectivity index (χ2n) is 6.89. The van der Waals surface area contributed by atoms with Gasteiger partial charge in [0.25, 0.3) is 0 Å². The van der Waals surface area contributed by atoms with Crippen molar-refractivity contribution in [1.82, 2.24) is 0 Å². The van der Waals surface area contributed by atoms with E-state index in [1.807, 2.05) is 12.1 Å². The zero-order chi connectivity index (χ0) is 21.6. The highest BCUT2D eigenvalue weighted by Gasteiger charge is 2.35. The third-order valence-electron chi connectivity index (χ3n) is 3.72. The summed E-state index contributed by atoms with van der Waals surface area (Å²) < 4.78 is 25.9. The van der Waals surface area contributed by atoms with Crippen LogP contribution in [0.1, 0.15) is 44.7 Å². The Morgan fingerprint density at radius 2 is 1.52 bits per heavy atom. The molecule has 0 saturated heterocycles. The fourth-order valence-electron chi connectivity index (χ4n) is 2.54. The number of esters is 2. The highest BCUT2D eigenvalue weighted by molar-refractivity contribution is 9.10. The van der Waals surface area contributed by atoms with E-state index in [-0.39, 0.29) is 11.3 Å². The Bertz CT molecular complexity index is 872. The molecule has 2 rings (SSSR count). The molecule has 0 bridgehead atoms. The van der Waals surface area contributed by atoms with Crippen molar-refractivity contribution in [3.05, 3.63) is 63.9 Å². The first kappa shape index (κ1) is 22.7. The third kappa shape index (κ3) is 6.49. The molecule has 0 aliphatic rings. The summed E-state index contributed by atoms with van der Waals surface area (Å²) in [7, 11) is 0. The Morgan fingerprint density at radius 1 is 0.966 bits per heavy atom. The molecule has 0 atom stereocenters. The molecule has 5 nitrogen and oxygen atoms in total. The van der Waals surface area contributed by atoms with Crippen LogP contribution < -0.4 is 0 Å². The number of benzene rings is 2. The van der Waals surface area contributed by atoms with E-state index in [4.69, 9.17) is 9.47 Å². The van der Waals surface area contributed by atoms with E-state index in [2.05, 4.69) is 20.9 Å². The normalized spacial score (nSPS) is 11.5. The third-order valence-corrected chi connectivity index (χ3v) is 4.25. The van der Waals surface area contributed by atoms with Crippen molar-refractivity contribution in [2.24, 2.45) is 4.99 Å². The van der Waals surface area contributed by atoms with E-state index in [0.29, 0.717) is 0 Å². The molecular formula is C22H23BrFNO4. The van der Waals surface area contributed by atoms with E-state index in [9.17, 15) is 14.0 Å². The molecule has 0 aliphatic heterocycles. The van der Waals surface area contributed by atoms with Gasteiger partial charge in [0.05, 0.1) is 12.2 Å². The lowest BCUT2D eigenvalue weighted by molar-refractivity contribution is -0.161. The number of para-hydroxylation sites is 1. The summed E-state index contributed by atoms with van der Waals surface area (Å²) in [6.07, 6.45) is 0.577. The van der Waals surface area contributed by atoms with E-state index >= 15 is 0 Å². The lowest BCUT2D eigenvalue weighted by Gasteiger charge is -2.20. The number of aliphatic imine (C=N–C) groups is 1. The monoisotopic (exact) mass is 463 g/mol. The Balaban J connectivity index is 2.49. The van der Waals surface area contributed by atoms with Gasteiger partial charge in [-0.25, -0.2) is 4.39 Å². The zero-order valence-corrected chi connectivity index (χ0v) is 18.3. The van der Waals surface area contributed by atoms with Crippen LogP contribution in [0.2, 0.25) is 0 Å². The standard InChI is InChI=1S/C22H23BrFNO4/c1-13(2)28-21(26)19(22(27)29-14(3)4)17-6-5-7-18(24)20(17)25-12-15-8-10-16(23)11-9-15/h5-14,19H,1-4H3. The van der Waals surface area contributed by atoms with Gasteiger partial charge in [-0.15, -0.1) is 0 Å². The van der Waals surface area contributed by atoms with Gasteiger partial charge in [0.2, 0.25) is 0 Å². The van der Waals surface area contributed by atoms with Gasteiger partial charge in [0, 0.05) is 16.3 Å². The van der Waals surface area contributed by atoms with Crippen molar-refractivity contribution in [2.75, 3.05) is 0 Å². The quantitative estimate of drug-likeness (QED) is 0.316. The lowest BCUT2D eigenvalue weighted by atomic mass is 9.97. The van der Waals surface area contributed by atoms with Crippen molar-refractivity contribution in [1.29, 1.82) is 0 Å². The summed E-state index contributed by atoms with van der Waals surface area (Å²) in [6.45, 7) is 6.67. The fraction of sp³-hybridized carbons (Fsp3) is 0.318. The van der Waals surface area contributed by atoms with E-state index in [1.165, 1.54) is 24.4 Å². The Hall–Kier alpha value is -2.54. The van der Waals surface area contributed by atoms with Gasteiger partial charge in [-0.2, -0.15) is 0 Å². The Kier molecular flexibility index (Phi) is 8.08. The Labute approximate surface area is 178 Å². The summed E-state index contributed by atoms with van der Waals surface area (Å²) in [5.74, 6) is -3.71. The smallest absolute Gasteiger partial charge is 0.325 e. The topological polar surface area (TPSA) is 65.0 Å². The van der Waals surface area contributed by atoms with Gasteiger partial charge < -0.3 is 9.47 Å². The second-order valence-corrected chi connectivity index (χ2v) is 7.81. The molecule has 0 heterocycles. The van der Waals surface area contributed by atoms with Gasteiger partial charge in [0.1, 0.15) is 11.5 Å². The summed E-state index contributed by atoms with van der Waals surface area (Å²) >= 11 is 3.35. The molecule has 0 saturated carbocycles. The molecule has 2 aromatic carbocycles. The SMILES string of the molecule is CC(C)OC(=O)C(C(=O)OC(C)C)c1cccc(F)c1N=Cc1ccc(Br)cc1. The maximum atomic E-state index is 14.6. The minimum absolute atomic E-state index is 0.0923. The number of ether oxygens (including phenoxy) is 2. The molecule has 2 aromatic rings. The molecule has 0 unspecified atom stereocenters. The Morgan fingerprint density at radius 3 is 2.03 bits per heavy atom. The number of nitrogens with zero attached hydrogens (tertiary/aromatic N) is 1. The molecular weight excluding hydrogens is 441 g/mol. The van der Waals surface area contributed by atoms with Crippen LogP contribution in [0.15, 0.2) is 51.9 Å². The van der Waals surface area contributed by atoms with Crippen molar-refractivity contribution in [3.8, 4) is 0 Å². The molecule has 0 N–H and O–H groups in total. The molecule has 154 valence electrons. The minimum atomic E-state index is -1.44. The first-order valence-electron chi connectivity index (χ1n) is 9.18. The predicted molar refractivity (Wildman–Crippen MR) is 113 cm³/mol. The summed E-state index contributed by atoms with van der Waals surface area (Å²) in [4.78, 5) is 29.5. The summed E-state index contributed by atoms with van der Waals surface area (Å²) in [5.41, 5.74) is 0.713. The van der Waals surface area contributed by atoms with Gasteiger partial charge in [-0.05, 0) is 51.5 Å². The van der Waals surface area contributed by atoms with Gasteiger partial charge in [0.15, 0.2) is 5.92 Å². The molecule has 0 spiro atoms. The van der Waals surface area contributed by atoms with Crippen molar-refractivity contribution < 1.29 is 23.5 Å². The maximum Gasteiger partial charge on any atom is 0.325 e. The molecule has 7 heteroatoms. The van der Waals surface area contributed by atoms with Crippen LogP contribution in [-0.2, 0) is 19.1 Å². The van der Waals surface area contributed by atoms with Gasteiger partial charge in [-0.1, -0.05) is 40.2 Å². The van der Waals surface area contributed by atoms with Gasteiger partial charge >= 0.3 is 11.9 Å². The maximum absolute atomic E-state index is 14.6. The van der Waals surface area contributed by atoms with E-state index in [1.54, 1.807) is 39.8 Å². The molecule has 0 radical (unpaired) electrons. The molecule has 0 aliphatic carbocycles. The van der Waals surface area contributed by atoms with Crippen LogP contribution in [0.5, 0.6) is 0 Å². The largest absolute Gasteiger partial charge is 0.462 e. The first-order valence-corrected chi connectivity index (χ1v) is 9.97. The second kappa shape index (κ2) is 10.3. The van der Waals surface area contributed by atoms with E-state index < -0.39 is 35.9 Å². The zero-order valence-electron chi connectivity index (χ0n) is 16.7. The average Bonchev–Trinajstić information content (AvgIpc) is 2.61.